The van der Waals surface area contributed by atoms with Crippen LogP contribution in [0.2, 0.25) is 0 Å². The van der Waals surface area contributed by atoms with E-state index in [1.807, 2.05) is 19.0 Å². The van der Waals surface area contributed by atoms with Crippen molar-refractivity contribution >= 4 is 17.0 Å². The highest BCUT2D eigenvalue weighted by atomic mass is 16.6. The fourth-order valence-corrected chi connectivity index (χ4v) is 1.60. The SMILES string of the molecule is CN(C)CCNC(=O)Oc1nnc2ccccc2c1O. The lowest BCUT2D eigenvalue weighted by atomic mass is 10.2. The quantitative estimate of drug-likeness (QED) is 0.865. The van der Waals surface area contributed by atoms with E-state index in [0.717, 1.165) is 0 Å². The Morgan fingerprint density at radius 3 is 2.85 bits per heavy atom. The number of rotatable bonds is 4. The molecule has 7 nitrogen and oxygen atoms in total. The van der Waals surface area contributed by atoms with Crippen LogP contribution in [0.4, 0.5) is 4.79 Å². The average Bonchev–Trinajstić information content (AvgIpc) is 2.42. The van der Waals surface area contributed by atoms with Gasteiger partial charge in [-0.3, -0.25) is 0 Å². The summed E-state index contributed by atoms with van der Waals surface area (Å²) in [5, 5.41) is 20.6. The molecule has 1 aromatic heterocycles. The number of carbonyl (C=O) groups excluding carboxylic acids is 1. The maximum Gasteiger partial charge on any atom is 0.414 e. The van der Waals surface area contributed by atoms with E-state index in [9.17, 15) is 9.90 Å². The number of amides is 1. The van der Waals surface area contributed by atoms with Crippen LogP contribution in [0.3, 0.4) is 0 Å². The van der Waals surface area contributed by atoms with Crippen LogP contribution in [0.5, 0.6) is 11.6 Å². The van der Waals surface area contributed by atoms with Crippen molar-refractivity contribution in [2.75, 3.05) is 27.2 Å². The van der Waals surface area contributed by atoms with Gasteiger partial charge >= 0.3 is 6.09 Å². The second-order valence-corrected chi connectivity index (χ2v) is 4.49. The van der Waals surface area contributed by atoms with Crippen LogP contribution in [0, 0.1) is 0 Å². The van der Waals surface area contributed by atoms with E-state index in [2.05, 4.69) is 15.5 Å². The van der Waals surface area contributed by atoms with Crippen molar-refractivity contribution in [1.29, 1.82) is 0 Å². The van der Waals surface area contributed by atoms with Crippen LogP contribution in [-0.2, 0) is 0 Å². The topological polar surface area (TPSA) is 87.6 Å². The summed E-state index contributed by atoms with van der Waals surface area (Å²) in [6.45, 7) is 1.12. The van der Waals surface area contributed by atoms with E-state index in [0.29, 0.717) is 24.0 Å². The smallest absolute Gasteiger partial charge is 0.414 e. The number of nitrogens with one attached hydrogen (secondary N) is 1. The fourth-order valence-electron chi connectivity index (χ4n) is 1.60. The molecule has 20 heavy (non-hydrogen) atoms. The lowest BCUT2D eigenvalue weighted by molar-refractivity contribution is 0.195. The number of hydrogen-bond donors (Lipinski definition) is 2. The van der Waals surface area contributed by atoms with Crippen LogP contribution >= 0.6 is 0 Å². The number of aromatic hydroxyl groups is 1. The molecule has 0 bridgehead atoms. The molecule has 0 aliphatic heterocycles. The number of likely N-dealkylation sites (N-methyl/N-ethyl adjacent to an activating group) is 1. The minimum absolute atomic E-state index is 0.196. The zero-order valence-corrected chi connectivity index (χ0v) is 11.3. The predicted molar refractivity (Wildman–Crippen MR) is 73.8 cm³/mol. The third-order valence-electron chi connectivity index (χ3n) is 2.63. The summed E-state index contributed by atoms with van der Waals surface area (Å²) in [5.74, 6) is -0.399. The maximum absolute atomic E-state index is 11.6. The van der Waals surface area contributed by atoms with Crippen LogP contribution in [0.1, 0.15) is 0 Å². The van der Waals surface area contributed by atoms with Crippen LogP contribution < -0.4 is 10.1 Å². The Bertz CT molecular complexity index is 616. The first kappa shape index (κ1) is 14.0. The van der Waals surface area contributed by atoms with Gasteiger partial charge in [0.1, 0.15) is 0 Å². The number of aromatic nitrogens is 2. The van der Waals surface area contributed by atoms with Gasteiger partial charge in [0.2, 0.25) is 0 Å². The number of ether oxygens (including phenoxy) is 1. The third kappa shape index (κ3) is 3.33. The Labute approximate surface area is 116 Å². The molecule has 0 spiro atoms. The summed E-state index contributed by atoms with van der Waals surface area (Å²) in [6.07, 6.45) is -0.674. The first-order chi connectivity index (χ1) is 9.58. The molecule has 0 atom stereocenters. The predicted octanol–water partition coefficient (Wildman–Crippen LogP) is 0.985. The summed E-state index contributed by atoms with van der Waals surface area (Å²) >= 11 is 0. The van der Waals surface area contributed by atoms with Crippen molar-refractivity contribution < 1.29 is 14.6 Å². The van der Waals surface area contributed by atoms with E-state index in [1.165, 1.54) is 0 Å². The van der Waals surface area contributed by atoms with Gasteiger partial charge in [-0.05, 0) is 26.2 Å². The molecule has 2 aromatic rings. The van der Waals surface area contributed by atoms with Gasteiger partial charge in [-0.15, -0.1) is 10.2 Å². The summed E-state index contributed by atoms with van der Waals surface area (Å²) < 4.78 is 4.94. The molecule has 0 radical (unpaired) electrons. The zero-order chi connectivity index (χ0) is 14.5. The molecule has 0 fully saturated rings. The summed E-state index contributed by atoms with van der Waals surface area (Å²) in [4.78, 5) is 13.5. The van der Waals surface area contributed by atoms with Crippen molar-refractivity contribution in [3.8, 4) is 11.6 Å². The summed E-state index contributed by atoms with van der Waals surface area (Å²) in [7, 11) is 3.79. The molecule has 2 N–H and O–H groups in total. The number of carbonyl (C=O) groups is 1. The Kier molecular flexibility index (Phi) is 4.31. The standard InChI is InChI=1S/C13H16N4O3/c1-17(2)8-7-14-13(19)20-12-11(18)9-5-3-4-6-10(9)15-16-12/h3-6H,7-8H2,1-2H3,(H,14,19)(H,15,18). The van der Waals surface area contributed by atoms with E-state index >= 15 is 0 Å². The summed E-state index contributed by atoms with van der Waals surface area (Å²) in [6, 6.07) is 6.93. The second-order valence-electron chi connectivity index (χ2n) is 4.49. The molecule has 7 heteroatoms. The highest BCUT2D eigenvalue weighted by Crippen LogP contribution is 2.30. The molecule has 0 saturated heterocycles. The number of hydrogen-bond acceptors (Lipinski definition) is 6. The third-order valence-corrected chi connectivity index (χ3v) is 2.63. The first-order valence-corrected chi connectivity index (χ1v) is 6.12. The molecule has 0 unspecified atom stereocenters. The normalized spacial score (nSPS) is 10.8. The van der Waals surface area contributed by atoms with Gasteiger partial charge in [0.15, 0.2) is 5.75 Å². The molecule has 1 heterocycles. The Hall–Kier alpha value is -2.41. The lowest BCUT2D eigenvalue weighted by Gasteiger charge is -2.10. The highest BCUT2D eigenvalue weighted by molar-refractivity contribution is 5.86. The molecule has 0 aliphatic carbocycles. The Morgan fingerprint density at radius 1 is 1.35 bits per heavy atom. The molecule has 1 amide bonds. The van der Waals surface area contributed by atoms with Crippen LogP contribution in [-0.4, -0.2) is 53.5 Å². The van der Waals surface area contributed by atoms with Crippen molar-refractivity contribution in [3.05, 3.63) is 24.3 Å². The number of nitrogens with zero attached hydrogens (tertiary/aromatic N) is 3. The summed E-state index contributed by atoms with van der Waals surface area (Å²) in [5.41, 5.74) is 0.533. The van der Waals surface area contributed by atoms with Gasteiger partial charge < -0.3 is 20.1 Å². The van der Waals surface area contributed by atoms with Crippen LogP contribution in [0.25, 0.3) is 10.9 Å². The Balaban J connectivity index is 2.06. The van der Waals surface area contributed by atoms with E-state index in [1.54, 1.807) is 24.3 Å². The Morgan fingerprint density at radius 2 is 2.10 bits per heavy atom. The highest BCUT2D eigenvalue weighted by Gasteiger charge is 2.14. The minimum Gasteiger partial charge on any atom is -0.503 e. The van der Waals surface area contributed by atoms with Gasteiger partial charge in [0, 0.05) is 18.5 Å². The van der Waals surface area contributed by atoms with Gasteiger partial charge in [0.05, 0.1) is 5.52 Å². The molecule has 0 aliphatic rings. The monoisotopic (exact) mass is 276 g/mol. The number of fused-ring (bicyclic) bond motifs is 1. The molecule has 2 rings (SSSR count). The van der Waals surface area contributed by atoms with Crippen molar-refractivity contribution in [1.82, 2.24) is 20.4 Å². The van der Waals surface area contributed by atoms with Crippen molar-refractivity contribution in [3.63, 3.8) is 0 Å². The van der Waals surface area contributed by atoms with Crippen molar-refractivity contribution in [2.24, 2.45) is 0 Å². The molecular formula is C13H16N4O3. The molecule has 106 valence electrons. The minimum atomic E-state index is -0.674. The van der Waals surface area contributed by atoms with Gasteiger partial charge in [-0.2, -0.15) is 0 Å². The maximum atomic E-state index is 11.6. The van der Waals surface area contributed by atoms with E-state index in [-0.39, 0.29) is 11.6 Å². The van der Waals surface area contributed by atoms with E-state index in [4.69, 9.17) is 4.74 Å². The number of benzene rings is 1. The fraction of sp³-hybridized carbons (Fsp3) is 0.308. The van der Waals surface area contributed by atoms with Gasteiger partial charge in [-0.25, -0.2) is 4.79 Å². The van der Waals surface area contributed by atoms with Gasteiger partial charge in [-0.1, -0.05) is 12.1 Å². The second kappa shape index (κ2) is 6.16. The average molecular weight is 276 g/mol. The lowest BCUT2D eigenvalue weighted by Crippen LogP contribution is -2.33. The van der Waals surface area contributed by atoms with E-state index < -0.39 is 6.09 Å². The van der Waals surface area contributed by atoms with Crippen LogP contribution in [0.15, 0.2) is 24.3 Å². The molecular weight excluding hydrogens is 260 g/mol. The molecule has 1 aromatic carbocycles. The largest absolute Gasteiger partial charge is 0.503 e. The zero-order valence-electron chi connectivity index (χ0n) is 11.3. The van der Waals surface area contributed by atoms with Crippen molar-refractivity contribution in [2.45, 2.75) is 0 Å². The molecule has 0 saturated carbocycles. The van der Waals surface area contributed by atoms with Gasteiger partial charge in [0.25, 0.3) is 5.88 Å². The first-order valence-electron chi connectivity index (χ1n) is 6.12.